The molecule has 0 aliphatic carbocycles. The topological polar surface area (TPSA) is 52.6 Å². The lowest BCUT2D eigenvalue weighted by Crippen LogP contribution is -2.44. The summed E-state index contributed by atoms with van der Waals surface area (Å²) in [5, 5.41) is 12.4. The molecular formula is C16H26N2O2. The van der Waals surface area contributed by atoms with Crippen LogP contribution in [0.5, 0.6) is 0 Å². The fourth-order valence-electron chi connectivity index (χ4n) is 2.03. The van der Waals surface area contributed by atoms with E-state index in [1.54, 1.807) is 6.92 Å². The molecule has 2 N–H and O–H groups in total. The van der Waals surface area contributed by atoms with Crippen molar-refractivity contribution in [2.45, 2.75) is 39.3 Å². The highest BCUT2D eigenvalue weighted by Crippen LogP contribution is 2.00. The van der Waals surface area contributed by atoms with Crippen molar-refractivity contribution in [3.8, 4) is 0 Å². The number of aliphatic hydroxyl groups is 1. The maximum atomic E-state index is 11.9. The van der Waals surface area contributed by atoms with Crippen molar-refractivity contribution in [2.75, 3.05) is 19.6 Å². The van der Waals surface area contributed by atoms with Crippen LogP contribution in [-0.2, 0) is 11.2 Å². The Morgan fingerprint density at radius 1 is 1.25 bits per heavy atom. The van der Waals surface area contributed by atoms with Gasteiger partial charge in [0.05, 0.1) is 12.6 Å². The number of carbonyl (C=O) groups is 1. The molecule has 0 fully saturated rings. The quantitative estimate of drug-likeness (QED) is 0.756. The monoisotopic (exact) mass is 278 g/mol. The molecule has 1 aromatic carbocycles. The molecule has 112 valence electrons. The Morgan fingerprint density at radius 2 is 1.90 bits per heavy atom. The molecule has 20 heavy (non-hydrogen) atoms. The summed E-state index contributed by atoms with van der Waals surface area (Å²) in [6.45, 7) is 7.28. The lowest BCUT2D eigenvalue weighted by molar-refractivity contribution is -0.122. The summed E-state index contributed by atoms with van der Waals surface area (Å²) < 4.78 is 0. The minimum atomic E-state index is -0.422. The van der Waals surface area contributed by atoms with Crippen molar-refractivity contribution in [1.82, 2.24) is 10.2 Å². The van der Waals surface area contributed by atoms with Crippen LogP contribution >= 0.6 is 0 Å². The number of nitrogens with one attached hydrogen (secondary N) is 1. The standard InChI is InChI=1S/C16H26N2O2/c1-13(2)18(11-14(3)19)12-16(20)17-10-9-15-7-5-4-6-8-15/h4-8,13-14,19H,9-12H2,1-3H3,(H,17,20). The molecule has 1 atom stereocenters. The number of nitrogens with zero attached hydrogens (tertiary/aromatic N) is 1. The van der Waals surface area contributed by atoms with Crippen molar-refractivity contribution in [1.29, 1.82) is 0 Å². The van der Waals surface area contributed by atoms with Gasteiger partial charge < -0.3 is 10.4 Å². The fraction of sp³-hybridized carbons (Fsp3) is 0.562. The van der Waals surface area contributed by atoms with Crippen molar-refractivity contribution < 1.29 is 9.90 Å². The molecule has 4 heteroatoms. The summed E-state index contributed by atoms with van der Waals surface area (Å²) in [4.78, 5) is 13.9. The average Bonchev–Trinajstić information content (AvgIpc) is 2.38. The SMILES string of the molecule is CC(O)CN(CC(=O)NCCc1ccccc1)C(C)C. The molecule has 0 aliphatic heterocycles. The highest BCUT2D eigenvalue weighted by Gasteiger charge is 2.15. The van der Waals surface area contributed by atoms with E-state index in [1.165, 1.54) is 5.56 Å². The van der Waals surface area contributed by atoms with E-state index < -0.39 is 6.10 Å². The van der Waals surface area contributed by atoms with Crippen molar-refractivity contribution in [3.63, 3.8) is 0 Å². The van der Waals surface area contributed by atoms with Gasteiger partial charge in [-0.1, -0.05) is 30.3 Å². The highest BCUT2D eigenvalue weighted by molar-refractivity contribution is 5.78. The maximum absolute atomic E-state index is 11.9. The molecule has 1 amide bonds. The van der Waals surface area contributed by atoms with E-state index in [4.69, 9.17) is 0 Å². The van der Waals surface area contributed by atoms with Gasteiger partial charge in [-0.3, -0.25) is 9.69 Å². The maximum Gasteiger partial charge on any atom is 0.234 e. The lowest BCUT2D eigenvalue weighted by Gasteiger charge is -2.26. The molecule has 1 rings (SSSR count). The van der Waals surface area contributed by atoms with Crippen LogP contribution in [0.4, 0.5) is 0 Å². The number of benzene rings is 1. The summed E-state index contributed by atoms with van der Waals surface area (Å²) in [7, 11) is 0. The van der Waals surface area contributed by atoms with E-state index in [-0.39, 0.29) is 11.9 Å². The molecule has 0 aromatic heterocycles. The van der Waals surface area contributed by atoms with E-state index >= 15 is 0 Å². The smallest absolute Gasteiger partial charge is 0.234 e. The van der Waals surface area contributed by atoms with E-state index in [0.717, 1.165) is 6.42 Å². The van der Waals surface area contributed by atoms with Crippen molar-refractivity contribution in [3.05, 3.63) is 35.9 Å². The second-order valence-electron chi connectivity index (χ2n) is 5.46. The predicted molar refractivity (Wildman–Crippen MR) is 81.5 cm³/mol. The molecule has 4 nitrogen and oxygen atoms in total. The van der Waals surface area contributed by atoms with E-state index in [1.807, 2.05) is 36.9 Å². The second kappa shape index (κ2) is 8.72. The summed E-state index contributed by atoms with van der Waals surface area (Å²) >= 11 is 0. The Labute approximate surface area is 121 Å². The molecule has 0 radical (unpaired) electrons. The van der Waals surface area contributed by atoms with Gasteiger partial charge >= 0.3 is 0 Å². The zero-order chi connectivity index (χ0) is 15.0. The molecule has 0 spiro atoms. The third kappa shape index (κ3) is 6.68. The van der Waals surface area contributed by atoms with Crippen LogP contribution in [0.15, 0.2) is 30.3 Å². The lowest BCUT2D eigenvalue weighted by atomic mass is 10.1. The van der Waals surface area contributed by atoms with Gasteiger partial charge in [-0.05, 0) is 32.8 Å². The van der Waals surface area contributed by atoms with Gasteiger partial charge in [-0.25, -0.2) is 0 Å². The molecular weight excluding hydrogens is 252 g/mol. The summed E-state index contributed by atoms with van der Waals surface area (Å²) in [6.07, 6.45) is 0.416. The summed E-state index contributed by atoms with van der Waals surface area (Å²) in [5.41, 5.74) is 1.22. The molecule has 0 bridgehead atoms. The average molecular weight is 278 g/mol. The normalized spacial score (nSPS) is 12.7. The third-order valence-corrected chi connectivity index (χ3v) is 3.15. The largest absolute Gasteiger partial charge is 0.392 e. The Morgan fingerprint density at radius 3 is 2.45 bits per heavy atom. The first kappa shape index (κ1) is 16.7. The van der Waals surface area contributed by atoms with Crippen molar-refractivity contribution in [2.24, 2.45) is 0 Å². The van der Waals surface area contributed by atoms with Crippen LogP contribution in [0.2, 0.25) is 0 Å². The first-order chi connectivity index (χ1) is 9.49. The van der Waals surface area contributed by atoms with Crippen LogP contribution in [0, 0.1) is 0 Å². The number of hydrogen-bond donors (Lipinski definition) is 2. The van der Waals surface area contributed by atoms with Gasteiger partial charge in [0.25, 0.3) is 0 Å². The van der Waals surface area contributed by atoms with E-state index in [9.17, 15) is 9.90 Å². The summed E-state index contributed by atoms with van der Waals surface area (Å²) in [5.74, 6) is 0.00952. The Bertz CT molecular complexity index is 391. The molecule has 0 heterocycles. The van der Waals surface area contributed by atoms with Crippen LogP contribution < -0.4 is 5.32 Å². The Balaban J connectivity index is 2.31. The number of rotatable bonds is 8. The Kier molecular flexibility index (Phi) is 7.26. The first-order valence-corrected chi connectivity index (χ1v) is 7.21. The highest BCUT2D eigenvalue weighted by atomic mass is 16.3. The summed E-state index contributed by atoms with van der Waals surface area (Å²) in [6, 6.07) is 10.3. The molecule has 0 saturated carbocycles. The number of hydrogen-bond acceptors (Lipinski definition) is 3. The van der Waals surface area contributed by atoms with E-state index in [2.05, 4.69) is 17.4 Å². The van der Waals surface area contributed by atoms with Crippen LogP contribution in [0.25, 0.3) is 0 Å². The van der Waals surface area contributed by atoms with Gasteiger partial charge in [0.15, 0.2) is 0 Å². The van der Waals surface area contributed by atoms with Crippen LogP contribution in [-0.4, -0.2) is 47.7 Å². The van der Waals surface area contributed by atoms with E-state index in [0.29, 0.717) is 19.6 Å². The minimum absolute atomic E-state index is 0.00952. The predicted octanol–water partition coefficient (Wildman–Crippen LogP) is 1.44. The van der Waals surface area contributed by atoms with Gasteiger partial charge in [-0.15, -0.1) is 0 Å². The number of aliphatic hydroxyl groups excluding tert-OH is 1. The second-order valence-corrected chi connectivity index (χ2v) is 5.46. The molecule has 1 aromatic rings. The van der Waals surface area contributed by atoms with Crippen LogP contribution in [0.3, 0.4) is 0 Å². The van der Waals surface area contributed by atoms with Crippen LogP contribution in [0.1, 0.15) is 26.3 Å². The Hall–Kier alpha value is -1.39. The van der Waals surface area contributed by atoms with Crippen molar-refractivity contribution >= 4 is 5.91 Å². The first-order valence-electron chi connectivity index (χ1n) is 7.21. The fourth-order valence-corrected chi connectivity index (χ4v) is 2.03. The molecule has 0 aliphatic rings. The van der Waals surface area contributed by atoms with Gasteiger partial charge in [-0.2, -0.15) is 0 Å². The van der Waals surface area contributed by atoms with Gasteiger partial charge in [0, 0.05) is 19.1 Å². The van der Waals surface area contributed by atoms with Gasteiger partial charge in [0.1, 0.15) is 0 Å². The zero-order valence-corrected chi connectivity index (χ0v) is 12.7. The van der Waals surface area contributed by atoms with Gasteiger partial charge in [0.2, 0.25) is 5.91 Å². The molecule has 0 saturated heterocycles. The number of carbonyl (C=O) groups excluding carboxylic acids is 1. The number of amides is 1. The molecule has 1 unspecified atom stereocenters. The minimum Gasteiger partial charge on any atom is -0.392 e. The third-order valence-electron chi connectivity index (χ3n) is 3.15. The zero-order valence-electron chi connectivity index (χ0n) is 12.7.